The first-order valence-electron chi connectivity index (χ1n) is 13.8. The summed E-state index contributed by atoms with van der Waals surface area (Å²) in [5, 5.41) is 7.92. The lowest BCUT2D eigenvalue weighted by atomic mass is 9.97. The van der Waals surface area contributed by atoms with E-state index in [-0.39, 0.29) is 22.9 Å². The second-order valence-corrected chi connectivity index (χ2v) is 14.6. The molecule has 0 amide bonds. The largest absolute Gasteiger partial charge is 0.480 e. The van der Waals surface area contributed by atoms with Crippen molar-refractivity contribution in [2.75, 3.05) is 17.6 Å². The van der Waals surface area contributed by atoms with Crippen molar-refractivity contribution >= 4 is 74.9 Å². The predicted molar refractivity (Wildman–Crippen MR) is 180 cm³/mol. The van der Waals surface area contributed by atoms with Gasteiger partial charge in [0.25, 0.3) is 5.56 Å². The molecule has 5 heterocycles. The summed E-state index contributed by atoms with van der Waals surface area (Å²) in [4.78, 5) is 27.8. The standard InChI is InChI=1S/C29H26ClN8O4PS2/c1-14(19-10-22-37(21(30)12-44-22)29(39)23(19)15-4-3-5-17(43)8-15)38-27-24(26(31)33-13-34-27)25(35-38)16-9-20(28(42-2)32-11-16)36-45(40,41)18-6-7-18/h3-5,8-14,18,36H,6-7,43H2,1-2H3,(H2,31,33,34)/t14-/m0/s1. The molecule has 0 spiro atoms. The van der Waals surface area contributed by atoms with Gasteiger partial charge in [-0.15, -0.1) is 20.6 Å². The molecule has 6 aromatic rings. The number of thiazole rings is 1. The monoisotopic (exact) mass is 680 g/mol. The molecule has 3 N–H and O–H groups in total. The quantitative estimate of drug-likeness (QED) is 0.221. The number of benzene rings is 1. The van der Waals surface area contributed by atoms with E-state index in [0.717, 1.165) is 10.9 Å². The molecule has 1 saturated carbocycles. The highest BCUT2D eigenvalue weighted by molar-refractivity contribution is 7.93. The normalized spacial score (nSPS) is 14.2. The van der Waals surface area contributed by atoms with Crippen LogP contribution in [0.4, 0.5) is 11.5 Å². The number of anilines is 2. The molecule has 1 aliphatic rings. The van der Waals surface area contributed by atoms with Crippen molar-refractivity contribution in [3.8, 4) is 28.3 Å². The average Bonchev–Trinajstić information content (AvgIpc) is 3.72. The highest BCUT2D eigenvalue weighted by atomic mass is 35.5. The molecule has 45 heavy (non-hydrogen) atoms. The van der Waals surface area contributed by atoms with E-state index in [9.17, 15) is 13.2 Å². The van der Waals surface area contributed by atoms with Gasteiger partial charge in [-0.3, -0.25) is 13.9 Å². The Morgan fingerprint density at radius 3 is 2.71 bits per heavy atom. The van der Waals surface area contributed by atoms with Crippen LogP contribution in [0.15, 0.2) is 59.1 Å². The van der Waals surface area contributed by atoms with Gasteiger partial charge in [0.05, 0.1) is 29.4 Å². The molecule has 2 atom stereocenters. The topological polar surface area (TPSA) is 159 Å². The number of ether oxygens (including phenoxy) is 1. The van der Waals surface area contributed by atoms with Crippen LogP contribution < -0.4 is 26.1 Å². The van der Waals surface area contributed by atoms with E-state index in [2.05, 4.69) is 28.9 Å². The highest BCUT2D eigenvalue weighted by Gasteiger charge is 2.36. The van der Waals surface area contributed by atoms with Crippen molar-refractivity contribution in [2.24, 2.45) is 0 Å². The summed E-state index contributed by atoms with van der Waals surface area (Å²) >= 11 is 7.80. The van der Waals surface area contributed by atoms with E-state index >= 15 is 0 Å². The summed E-state index contributed by atoms with van der Waals surface area (Å²) in [5.41, 5.74) is 9.51. The third kappa shape index (κ3) is 5.11. The zero-order valence-electron chi connectivity index (χ0n) is 23.9. The number of methoxy groups -OCH3 is 1. The molecule has 0 bridgehead atoms. The Kier molecular flexibility index (Phi) is 7.27. The summed E-state index contributed by atoms with van der Waals surface area (Å²) in [5.74, 6) is 0.300. The van der Waals surface area contributed by atoms with Crippen molar-refractivity contribution in [3.05, 3.63) is 75.4 Å². The van der Waals surface area contributed by atoms with Crippen LogP contribution in [0.2, 0.25) is 5.15 Å². The van der Waals surface area contributed by atoms with Gasteiger partial charge in [-0.1, -0.05) is 29.8 Å². The number of nitrogens with two attached hydrogens (primary N) is 1. The maximum absolute atomic E-state index is 14.0. The Labute approximate surface area is 268 Å². The molecule has 12 nitrogen and oxygen atoms in total. The molecule has 0 radical (unpaired) electrons. The summed E-state index contributed by atoms with van der Waals surface area (Å²) in [6.07, 6.45) is 4.08. The van der Waals surface area contributed by atoms with Crippen LogP contribution in [0, 0.1) is 0 Å². The molecule has 1 fully saturated rings. The van der Waals surface area contributed by atoms with Crippen LogP contribution in [0.3, 0.4) is 0 Å². The number of nitrogens with one attached hydrogen (secondary N) is 1. The Morgan fingerprint density at radius 2 is 1.98 bits per heavy atom. The van der Waals surface area contributed by atoms with Crippen LogP contribution in [-0.4, -0.2) is 49.9 Å². The van der Waals surface area contributed by atoms with Crippen LogP contribution in [0.1, 0.15) is 31.4 Å². The molecule has 1 unspecified atom stereocenters. The molecule has 5 aromatic heterocycles. The van der Waals surface area contributed by atoms with Crippen molar-refractivity contribution in [2.45, 2.75) is 31.1 Å². The molecule has 1 aliphatic carbocycles. The molecule has 7 rings (SSSR count). The van der Waals surface area contributed by atoms with E-state index in [1.54, 1.807) is 16.1 Å². The van der Waals surface area contributed by atoms with Crippen molar-refractivity contribution in [3.63, 3.8) is 0 Å². The van der Waals surface area contributed by atoms with Gasteiger partial charge in [0.15, 0.2) is 5.65 Å². The van der Waals surface area contributed by atoms with Gasteiger partial charge in [0.1, 0.15) is 33.5 Å². The number of fused-ring (bicyclic) bond motifs is 2. The lowest BCUT2D eigenvalue weighted by Gasteiger charge is -2.18. The summed E-state index contributed by atoms with van der Waals surface area (Å²) in [7, 11) is 0.467. The number of aromatic nitrogens is 6. The number of hydrogen-bond donors (Lipinski definition) is 2. The van der Waals surface area contributed by atoms with E-state index in [0.29, 0.717) is 56.2 Å². The second kappa shape index (κ2) is 11.1. The Balaban J connectivity index is 1.43. The van der Waals surface area contributed by atoms with E-state index in [1.807, 2.05) is 37.3 Å². The van der Waals surface area contributed by atoms with Gasteiger partial charge in [0.2, 0.25) is 15.9 Å². The minimum Gasteiger partial charge on any atom is -0.480 e. The number of hydrogen-bond acceptors (Lipinski definition) is 10. The molecule has 230 valence electrons. The second-order valence-electron chi connectivity index (χ2n) is 10.7. The van der Waals surface area contributed by atoms with E-state index in [4.69, 9.17) is 27.2 Å². The predicted octanol–water partition coefficient (Wildman–Crippen LogP) is 4.49. The molecule has 0 aliphatic heterocycles. The molecule has 16 heteroatoms. The van der Waals surface area contributed by atoms with Crippen molar-refractivity contribution in [1.82, 2.24) is 29.1 Å². The number of nitrogen functional groups attached to an aromatic ring is 1. The fourth-order valence-electron chi connectivity index (χ4n) is 5.40. The van der Waals surface area contributed by atoms with Crippen molar-refractivity contribution in [1.29, 1.82) is 0 Å². The van der Waals surface area contributed by atoms with E-state index in [1.165, 1.54) is 35.4 Å². The Bertz CT molecular complexity index is 2320. The van der Waals surface area contributed by atoms with Gasteiger partial charge < -0.3 is 10.5 Å². The van der Waals surface area contributed by atoms with E-state index < -0.39 is 21.3 Å². The van der Waals surface area contributed by atoms with Gasteiger partial charge in [-0.25, -0.2) is 28.1 Å². The van der Waals surface area contributed by atoms with Crippen molar-refractivity contribution < 1.29 is 13.2 Å². The molecule has 1 aromatic carbocycles. The minimum absolute atomic E-state index is 0.119. The Morgan fingerprint density at radius 1 is 1.18 bits per heavy atom. The van der Waals surface area contributed by atoms with Gasteiger partial charge >= 0.3 is 0 Å². The Hall–Kier alpha value is -4.10. The zero-order chi connectivity index (χ0) is 31.6. The summed E-state index contributed by atoms with van der Waals surface area (Å²) in [6.45, 7) is 1.92. The lowest BCUT2D eigenvalue weighted by molar-refractivity contribution is 0.400. The van der Waals surface area contributed by atoms with Gasteiger partial charge in [-0.05, 0) is 54.4 Å². The number of sulfonamides is 1. The zero-order valence-corrected chi connectivity index (χ0v) is 27.5. The smallest absolute Gasteiger partial charge is 0.265 e. The highest BCUT2D eigenvalue weighted by Crippen LogP contribution is 2.39. The van der Waals surface area contributed by atoms with Crippen LogP contribution in [-0.2, 0) is 10.0 Å². The molecular weight excluding hydrogens is 655 g/mol. The number of rotatable bonds is 8. The molecular formula is C29H26ClN8O4PS2. The van der Waals surface area contributed by atoms with Gasteiger partial charge in [0, 0.05) is 17.1 Å². The van der Waals surface area contributed by atoms with Crippen LogP contribution in [0.25, 0.3) is 38.2 Å². The lowest BCUT2D eigenvalue weighted by Crippen LogP contribution is -2.21. The number of halogens is 1. The SMILES string of the molecule is COc1ncc(-c2nn([C@@H](C)c3cc4scc(Cl)n4c(=O)c3-c3cccc(P)c3)c3ncnc(N)c23)cc1NS(=O)(=O)C1CC1. The first-order chi connectivity index (χ1) is 21.6. The summed E-state index contributed by atoms with van der Waals surface area (Å²) in [6, 6.07) is 10.6. The fourth-order valence-corrected chi connectivity index (χ4v) is 8.22. The first-order valence-corrected chi connectivity index (χ1v) is 17.2. The number of nitrogens with zero attached hydrogens (tertiary/aromatic N) is 6. The summed E-state index contributed by atoms with van der Waals surface area (Å²) < 4.78 is 36.8. The van der Waals surface area contributed by atoms with Crippen LogP contribution >= 0.6 is 32.2 Å². The maximum atomic E-state index is 14.0. The maximum Gasteiger partial charge on any atom is 0.265 e. The fraction of sp³-hybridized carbons (Fsp3) is 0.207. The first kappa shape index (κ1) is 29.6. The minimum atomic E-state index is -3.61. The van der Waals surface area contributed by atoms with Gasteiger partial charge in [-0.2, -0.15) is 5.10 Å². The number of pyridine rings is 2. The third-order valence-corrected chi connectivity index (χ3v) is 11.2. The average molecular weight is 681 g/mol. The third-order valence-electron chi connectivity index (χ3n) is 7.74. The molecule has 0 saturated heterocycles. The van der Waals surface area contributed by atoms with Crippen LogP contribution in [0.5, 0.6) is 5.88 Å².